The normalized spacial score (nSPS) is 18.5. The third-order valence-corrected chi connectivity index (χ3v) is 4.66. The van der Waals surface area contributed by atoms with Gasteiger partial charge in [0.1, 0.15) is 0 Å². The van der Waals surface area contributed by atoms with Crippen LogP contribution < -0.4 is 19.3 Å². The number of nitrogens with zero attached hydrogens (tertiary/aromatic N) is 3. The van der Waals surface area contributed by atoms with Gasteiger partial charge in [-0.25, -0.2) is 0 Å². The molecule has 0 saturated heterocycles. The molecule has 2 aromatic rings. The Morgan fingerprint density at radius 1 is 1.08 bits per heavy atom. The van der Waals surface area contributed by atoms with Crippen LogP contribution in [0.5, 0.6) is 11.5 Å². The Kier molecular flexibility index (Phi) is 2.93. The molecule has 0 saturated carbocycles. The van der Waals surface area contributed by atoms with E-state index in [2.05, 4.69) is 26.9 Å². The van der Waals surface area contributed by atoms with E-state index in [0.29, 0.717) is 12.3 Å². The highest BCUT2D eigenvalue weighted by molar-refractivity contribution is 6.17. The number of para-hydroxylation sites is 2. The van der Waals surface area contributed by atoms with E-state index in [-0.39, 0.29) is 6.79 Å². The summed E-state index contributed by atoms with van der Waals surface area (Å²) < 4.78 is 10.7. The van der Waals surface area contributed by atoms with Gasteiger partial charge in [0, 0.05) is 6.54 Å². The van der Waals surface area contributed by atoms with Gasteiger partial charge in [0.15, 0.2) is 11.5 Å². The zero-order valence-corrected chi connectivity index (χ0v) is 13.1. The van der Waals surface area contributed by atoms with E-state index < -0.39 is 6.10 Å². The summed E-state index contributed by atoms with van der Waals surface area (Å²) in [5, 5.41) is 10.7. The van der Waals surface area contributed by atoms with Gasteiger partial charge >= 0.3 is 0 Å². The molecular weight excluding hydrogens is 306 g/mol. The maximum Gasteiger partial charge on any atom is 0.231 e. The third kappa shape index (κ3) is 1.96. The van der Waals surface area contributed by atoms with E-state index in [1.165, 1.54) is 0 Å². The van der Waals surface area contributed by atoms with Crippen LogP contribution in [0, 0.1) is 0 Å². The fourth-order valence-corrected chi connectivity index (χ4v) is 3.50. The Hall–Kier alpha value is -2.73. The molecule has 0 amide bonds. The molecule has 0 aromatic heterocycles. The molecule has 1 atom stereocenters. The van der Waals surface area contributed by atoms with Crippen LogP contribution in [0.2, 0.25) is 0 Å². The minimum absolute atomic E-state index is 0.236. The molecule has 6 heteroatoms. The SMILES string of the molecule is O[C@@H](CN1C2=NCCN2c2ccccc21)c1ccc2c(c1)OCO2. The van der Waals surface area contributed by atoms with Crippen molar-refractivity contribution in [2.24, 2.45) is 4.99 Å². The number of aliphatic hydroxyl groups is 1. The van der Waals surface area contributed by atoms with Gasteiger partial charge < -0.3 is 24.4 Å². The molecule has 1 N–H and O–H groups in total. The fraction of sp³-hybridized carbons (Fsp3) is 0.278. The average Bonchev–Trinajstić information content (AvgIpc) is 3.31. The van der Waals surface area contributed by atoms with E-state index in [4.69, 9.17) is 9.47 Å². The van der Waals surface area contributed by atoms with Crippen molar-refractivity contribution in [2.45, 2.75) is 6.10 Å². The maximum absolute atomic E-state index is 10.7. The Bertz CT molecular complexity index is 836. The van der Waals surface area contributed by atoms with E-state index in [9.17, 15) is 5.11 Å². The van der Waals surface area contributed by atoms with Gasteiger partial charge in [-0.2, -0.15) is 0 Å². The third-order valence-electron chi connectivity index (χ3n) is 4.66. The first-order chi connectivity index (χ1) is 11.8. The molecule has 0 fully saturated rings. The van der Waals surface area contributed by atoms with Gasteiger partial charge in [-0.15, -0.1) is 0 Å². The summed E-state index contributed by atoms with van der Waals surface area (Å²) in [6, 6.07) is 13.8. The predicted molar refractivity (Wildman–Crippen MR) is 91.0 cm³/mol. The fourth-order valence-electron chi connectivity index (χ4n) is 3.50. The highest BCUT2D eigenvalue weighted by Crippen LogP contribution is 2.40. The Labute approximate surface area is 139 Å². The number of anilines is 2. The van der Waals surface area contributed by atoms with Crippen LogP contribution in [0.3, 0.4) is 0 Å². The summed E-state index contributed by atoms with van der Waals surface area (Å²) in [5.74, 6) is 2.34. The number of guanidine groups is 1. The van der Waals surface area contributed by atoms with Gasteiger partial charge in [0.05, 0.1) is 30.6 Å². The summed E-state index contributed by atoms with van der Waals surface area (Å²) in [5.41, 5.74) is 3.07. The van der Waals surface area contributed by atoms with Crippen LogP contribution in [0.1, 0.15) is 11.7 Å². The molecule has 0 unspecified atom stereocenters. The van der Waals surface area contributed by atoms with Crippen LogP contribution >= 0.6 is 0 Å². The number of rotatable bonds is 3. The van der Waals surface area contributed by atoms with Crippen molar-refractivity contribution >= 4 is 17.3 Å². The molecule has 6 nitrogen and oxygen atoms in total. The molecule has 0 radical (unpaired) electrons. The average molecular weight is 323 g/mol. The van der Waals surface area contributed by atoms with E-state index in [1.54, 1.807) is 0 Å². The van der Waals surface area contributed by atoms with Crippen molar-refractivity contribution in [3.63, 3.8) is 0 Å². The highest BCUT2D eigenvalue weighted by atomic mass is 16.7. The Balaban J connectivity index is 1.45. The second-order valence-corrected chi connectivity index (χ2v) is 6.06. The minimum atomic E-state index is -0.643. The first-order valence-corrected chi connectivity index (χ1v) is 8.07. The molecule has 0 bridgehead atoms. The molecule has 0 aliphatic carbocycles. The van der Waals surface area contributed by atoms with Crippen molar-refractivity contribution < 1.29 is 14.6 Å². The molecule has 3 aliphatic rings. The largest absolute Gasteiger partial charge is 0.454 e. The van der Waals surface area contributed by atoms with Crippen molar-refractivity contribution in [3.05, 3.63) is 48.0 Å². The summed E-state index contributed by atoms with van der Waals surface area (Å²) in [4.78, 5) is 8.92. The molecule has 3 heterocycles. The quantitative estimate of drug-likeness (QED) is 0.938. The minimum Gasteiger partial charge on any atom is -0.454 e. The molecule has 122 valence electrons. The summed E-state index contributed by atoms with van der Waals surface area (Å²) in [6.45, 7) is 2.37. The van der Waals surface area contributed by atoms with Crippen molar-refractivity contribution in [2.75, 3.05) is 36.2 Å². The first-order valence-electron chi connectivity index (χ1n) is 8.07. The number of aliphatic imine (C=N–C) groups is 1. The van der Waals surface area contributed by atoms with Crippen LogP contribution in [-0.2, 0) is 0 Å². The van der Waals surface area contributed by atoms with Crippen LogP contribution in [0.15, 0.2) is 47.5 Å². The molecule has 2 aromatic carbocycles. The second-order valence-electron chi connectivity index (χ2n) is 6.06. The van der Waals surface area contributed by atoms with E-state index in [1.807, 2.05) is 30.3 Å². The van der Waals surface area contributed by atoms with Gasteiger partial charge in [-0.3, -0.25) is 4.99 Å². The van der Waals surface area contributed by atoms with E-state index >= 15 is 0 Å². The smallest absolute Gasteiger partial charge is 0.231 e. The number of hydrogen-bond acceptors (Lipinski definition) is 6. The monoisotopic (exact) mass is 323 g/mol. The number of hydrogen-bond donors (Lipinski definition) is 1. The van der Waals surface area contributed by atoms with Crippen LogP contribution in [0.25, 0.3) is 0 Å². The lowest BCUT2D eigenvalue weighted by atomic mass is 10.1. The Morgan fingerprint density at radius 3 is 2.83 bits per heavy atom. The lowest BCUT2D eigenvalue weighted by molar-refractivity contribution is 0.173. The van der Waals surface area contributed by atoms with Crippen molar-refractivity contribution in [1.29, 1.82) is 0 Å². The maximum atomic E-state index is 10.7. The summed E-state index contributed by atoms with van der Waals surface area (Å²) in [7, 11) is 0. The number of benzene rings is 2. The van der Waals surface area contributed by atoms with Crippen LogP contribution in [-0.4, -0.2) is 37.5 Å². The topological polar surface area (TPSA) is 57.5 Å². The Morgan fingerprint density at radius 2 is 1.92 bits per heavy atom. The van der Waals surface area contributed by atoms with Gasteiger partial charge in [0.25, 0.3) is 0 Å². The highest BCUT2D eigenvalue weighted by Gasteiger charge is 2.36. The van der Waals surface area contributed by atoms with Gasteiger partial charge in [-0.1, -0.05) is 18.2 Å². The number of fused-ring (bicyclic) bond motifs is 4. The lowest BCUT2D eigenvalue weighted by Crippen LogP contribution is -2.37. The standard InChI is InChI=1S/C18H17N3O3/c22-15(12-5-6-16-17(9-12)24-11-23-16)10-21-14-4-2-1-3-13(14)20-8-7-19-18(20)21/h1-6,9,15,22H,7-8,10-11H2/t15-/m0/s1. The zero-order chi connectivity index (χ0) is 16.1. The van der Waals surface area contributed by atoms with Gasteiger partial charge in [-0.05, 0) is 29.8 Å². The predicted octanol–water partition coefficient (Wildman–Crippen LogP) is 2.14. The molecule has 24 heavy (non-hydrogen) atoms. The van der Waals surface area contributed by atoms with Crippen LogP contribution in [0.4, 0.5) is 11.4 Å². The lowest BCUT2D eigenvalue weighted by Gasteiger charge is -2.23. The molecule has 3 aliphatic heterocycles. The molecule has 0 spiro atoms. The van der Waals surface area contributed by atoms with E-state index in [0.717, 1.165) is 41.7 Å². The summed E-state index contributed by atoms with van der Waals surface area (Å²) >= 11 is 0. The zero-order valence-electron chi connectivity index (χ0n) is 13.1. The number of aliphatic hydroxyl groups excluding tert-OH is 1. The van der Waals surface area contributed by atoms with Crippen molar-refractivity contribution in [3.8, 4) is 11.5 Å². The number of β-amino-alcohol motifs (C(OH)–C–C–N with tert-alkyl or cyclic N) is 1. The van der Waals surface area contributed by atoms with Crippen molar-refractivity contribution in [1.82, 2.24) is 0 Å². The molecular formula is C18H17N3O3. The molecule has 5 rings (SSSR count). The first kappa shape index (κ1) is 13.7. The summed E-state index contributed by atoms with van der Waals surface area (Å²) in [6.07, 6.45) is -0.643. The van der Waals surface area contributed by atoms with Gasteiger partial charge in [0.2, 0.25) is 12.8 Å². The number of ether oxygens (including phenoxy) is 2. The second kappa shape index (κ2) is 5.14.